The number of carbonyl (C=O) groups excluding carboxylic acids is 1. The number of ether oxygens (including phenoxy) is 1. The van der Waals surface area contributed by atoms with Crippen molar-refractivity contribution in [3.8, 4) is 17.7 Å². The SMILES string of the molecule is C[C@H](CO)N1C[C@H](C)[C@@H](CN(C)Cc2ccccn2)Oc2ncc(C#CCc3ccccc3)cc2C1=O. The molecule has 3 atom stereocenters. The van der Waals surface area contributed by atoms with Gasteiger partial charge in [-0.15, -0.1) is 0 Å². The van der Waals surface area contributed by atoms with Crippen molar-refractivity contribution < 1.29 is 14.6 Å². The van der Waals surface area contributed by atoms with E-state index in [-0.39, 0.29) is 30.6 Å². The Morgan fingerprint density at radius 3 is 2.70 bits per heavy atom. The number of likely N-dealkylation sites (N-methyl/N-ethyl adjacent to an activating group) is 1. The largest absolute Gasteiger partial charge is 0.472 e. The topological polar surface area (TPSA) is 78.8 Å². The normalized spacial score (nSPS) is 18.2. The van der Waals surface area contributed by atoms with Crippen molar-refractivity contribution in [3.63, 3.8) is 0 Å². The summed E-state index contributed by atoms with van der Waals surface area (Å²) in [5.41, 5.74) is 3.13. The molecular weight excluding hydrogens is 464 g/mol. The molecule has 0 saturated carbocycles. The van der Waals surface area contributed by atoms with Crippen LogP contribution in [0.2, 0.25) is 0 Å². The van der Waals surface area contributed by atoms with Crippen LogP contribution in [0, 0.1) is 17.8 Å². The third kappa shape index (κ3) is 6.94. The lowest BCUT2D eigenvalue weighted by atomic mass is 10.00. The van der Waals surface area contributed by atoms with E-state index in [1.54, 1.807) is 23.4 Å². The first kappa shape index (κ1) is 26.3. The van der Waals surface area contributed by atoms with Crippen LogP contribution in [0.5, 0.6) is 5.88 Å². The molecule has 4 rings (SSSR count). The fraction of sp³-hybridized carbons (Fsp3) is 0.367. The number of amides is 1. The Labute approximate surface area is 219 Å². The van der Waals surface area contributed by atoms with Gasteiger partial charge in [-0.3, -0.25) is 14.7 Å². The fourth-order valence-corrected chi connectivity index (χ4v) is 4.37. The van der Waals surface area contributed by atoms with Crippen LogP contribution in [-0.2, 0) is 13.0 Å². The van der Waals surface area contributed by atoms with Gasteiger partial charge in [0.25, 0.3) is 5.91 Å². The number of fused-ring (bicyclic) bond motifs is 1. The summed E-state index contributed by atoms with van der Waals surface area (Å²) < 4.78 is 6.39. The number of aliphatic hydroxyl groups excluding tert-OH is 1. The van der Waals surface area contributed by atoms with Crippen molar-refractivity contribution in [3.05, 3.63) is 89.4 Å². The van der Waals surface area contributed by atoms with Crippen molar-refractivity contribution in [1.82, 2.24) is 19.8 Å². The number of nitrogens with zero attached hydrogens (tertiary/aromatic N) is 4. The van der Waals surface area contributed by atoms with Crippen molar-refractivity contribution in [2.75, 3.05) is 26.7 Å². The second-order valence-electron chi connectivity index (χ2n) is 9.68. The number of carbonyl (C=O) groups is 1. The highest BCUT2D eigenvalue weighted by Crippen LogP contribution is 2.27. The molecule has 7 nitrogen and oxygen atoms in total. The molecule has 1 N–H and O–H groups in total. The summed E-state index contributed by atoms with van der Waals surface area (Å²) in [4.78, 5) is 26.4. The summed E-state index contributed by atoms with van der Waals surface area (Å²) in [6.07, 6.45) is 3.85. The average molecular weight is 499 g/mol. The number of benzene rings is 1. The van der Waals surface area contributed by atoms with Crippen LogP contribution in [0.15, 0.2) is 67.0 Å². The molecule has 1 aromatic carbocycles. The third-order valence-electron chi connectivity index (χ3n) is 6.54. The number of aromatic nitrogens is 2. The van der Waals surface area contributed by atoms with Gasteiger partial charge in [0.2, 0.25) is 5.88 Å². The summed E-state index contributed by atoms with van der Waals surface area (Å²) in [7, 11) is 2.03. The van der Waals surface area contributed by atoms with Crippen molar-refractivity contribution >= 4 is 5.91 Å². The Kier molecular flexibility index (Phi) is 8.89. The van der Waals surface area contributed by atoms with E-state index in [1.807, 2.05) is 62.5 Å². The summed E-state index contributed by atoms with van der Waals surface area (Å²) in [5, 5.41) is 9.88. The predicted octanol–water partition coefficient (Wildman–Crippen LogP) is 3.42. The van der Waals surface area contributed by atoms with Gasteiger partial charge >= 0.3 is 0 Å². The molecule has 192 valence electrons. The Balaban J connectivity index is 1.59. The van der Waals surface area contributed by atoms with Crippen LogP contribution in [0.1, 0.15) is 41.0 Å². The monoisotopic (exact) mass is 498 g/mol. The molecule has 0 fully saturated rings. The highest BCUT2D eigenvalue weighted by Gasteiger charge is 2.34. The molecule has 3 aromatic rings. The highest BCUT2D eigenvalue weighted by molar-refractivity contribution is 5.97. The lowest BCUT2D eigenvalue weighted by Crippen LogP contribution is -2.49. The quantitative estimate of drug-likeness (QED) is 0.503. The molecule has 2 aromatic heterocycles. The molecule has 0 aliphatic carbocycles. The molecular formula is C30H34N4O3. The van der Waals surface area contributed by atoms with E-state index in [0.29, 0.717) is 43.1 Å². The molecule has 0 radical (unpaired) electrons. The summed E-state index contributed by atoms with van der Waals surface area (Å²) in [6, 6.07) is 17.3. The number of rotatable bonds is 7. The minimum Gasteiger partial charge on any atom is -0.472 e. The maximum absolute atomic E-state index is 13.6. The standard InChI is InChI=1S/C30H34N4O3/c1-22-18-34(23(2)21-35)30(36)27-16-25(13-9-12-24-10-5-4-6-11-24)17-32-29(27)37-28(22)20-33(3)19-26-14-7-8-15-31-26/h4-8,10-11,14-17,22-23,28,35H,12,18-21H2,1-3H3/t22-,23+,28+/m0/s1. The van der Waals surface area contributed by atoms with Crippen molar-refractivity contribution in [2.45, 2.75) is 39.0 Å². The van der Waals surface area contributed by atoms with Gasteiger partial charge in [-0.2, -0.15) is 0 Å². The van der Waals surface area contributed by atoms with Crippen LogP contribution in [0.25, 0.3) is 0 Å². The van der Waals surface area contributed by atoms with Gasteiger partial charge in [-0.1, -0.05) is 55.2 Å². The van der Waals surface area contributed by atoms with Crippen molar-refractivity contribution in [1.29, 1.82) is 0 Å². The molecule has 7 heteroatoms. The summed E-state index contributed by atoms with van der Waals surface area (Å²) in [5.74, 6) is 6.42. The molecule has 3 heterocycles. The zero-order valence-electron chi connectivity index (χ0n) is 21.7. The lowest BCUT2D eigenvalue weighted by Gasteiger charge is -2.37. The van der Waals surface area contributed by atoms with E-state index >= 15 is 0 Å². The molecule has 0 saturated heterocycles. The lowest BCUT2D eigenvalue weighted by molar-refractivity contribution is 0.0324. The Morgan fingerprint density at radius 1 is 1.19 bits per heavy atom. The van der Waals surface area contributed by atoms with Crippen LogP contribution in [-0.4, -0.2) is 69.7 Å². The first-order chi connectivity index (χ1) is 17.9. The van der Waals surface area contributed by atoms with Gasteiger partial charge in [-0.05, 0) is 37.7 Å². The molecule has 1 aliphatic heterocycles. The molecule has 1 aliphatic rings. The minimum atomic E-state index is -0.333. The van der Waals surface area contributed by atoms with Gasteiger partial charge in [0.1, 0.15) is 11.7 Å². The highest BCUT2D eigenvalue weighted by atomic mass is 16.5. The summed E-state index contributed by atoms with van der Waals surface area (Å²) >= 11 is 0. The van der Waals surface area contributed by atoms with E-state index in [1.165, 1.54) is 0 Å². The number of hydrogen-bond donors (Lipinski definition) is 1. The zero-order chi connectivity index (χ0) is 26.2. The fourth-order valence-electron chi connectivity index (χ4n) is 4.37. The van der Waals surface area contributed by atoms with Gasteiger partial charge in [0.05, 0.1) is 18.3 Å². The Bertz CT molecular complexity index is 1240. The van der Waals surface area contributed by atoms with Crippen molar-refractivity contribution in [2.24, 2.45) is 5.92 Å². The predicted molar refractivity (Wildman–Crippen MR) is 143 cm³/mol. The number of hydrogen-bond acceptors (Lipinski definition) is 6. The smallest absolute Gasteiger partial charge is 0.259 e. The van der Waals surface area contributed by atoms with Gasteiger partial charge in [-0.25, -0.2) is 4.98 Å². The second-order valence-corrected chi connectivity index (χ2v) is 9.68. The van der Waals surface area contributed by atoms with Crippen LogP contribution in [0.3, 0.4) is 0 Å². The Morgan fingerprint density at radius 2 is 1.97 bits per heavy atom. The van der Waals surface area contributed by atoms with E-state index in [0.717, 1.165) is 11.3 Å². The molecule has 37 heavy (non-hydrogen) atoms. The molecule has 0 bridgehead atoms. The minimum absolute atomic E-state index is 0.0180. The van der Waals surface area contributed by atoms with Gasteiger partial charge in [0, 0.05) is 49.9 Å². The summed E-state index contributed by atoms with van der Waals surface area (Å²) in [6.45, 7) is 5.57. The van der Waals surface area contributed by atoms with Crippen LogP contribution in [0.4, 0.5) is 0 Å². The maximum atomic E-state index is 13.6. The van der Waals surface area contributed by atoms with Crippen LogP contribution >= 0.6 is 0 Å². The van der Waals surface area contributed by atoms with E-state index in [2.05, 4.69) is 33.6 Å². The Hall–Kier alpha value is -3.73. The van der Waals surface area contributed by atoms with Crippen LogP contribution < -0.4 is 4.74 Å². The van der Waals surface area contributed by atoms with E-state index in [9.17, 15) is 9.90 Å². The van der Waals surface area contributed by atoms with Gasteiger partial charge < -0.3 is 14.7 Å². The number of aliphatic hydroxyl groups is 1. The first-order valence-corrected chi connectivity index (χ1v) is 12.6. The molecule has 0 unspecified atom stereocenters. The first-order valence-electron chi connectivity index (χ1n) is 12.6. The number of pyridine rings is 2. The van der Waals surface area contributed by atoms with Gasteiger partial charge in [0.15, 0.2) is 0 Å². The maximum Gasteiger partial charge on any atom is 0.259 e. The van der Waals surface area contributed by atoms with E-state index < -0.39 is 0 Å². The molecule has 0 spiro atoms. The average Bonchev–Trinajstić information content (AvgIpc) is 2.91. The third-order valence-corrected chi connectivity index (χ3v) is 6.54. The van der Waals surface area contributed by atoms with E-state index in [4.69, 9.17) is 4.74 Å². The molecule has 1 amide bonds. The second kappa shape index (κ2) is 12.5. The zero-order valence-corrected chi connectivity index (χ0v) is 21.7.